The lowest BCUT2D eigenvalue weighted by Gasteiger charge is -2.15. The number of halogens is 1. The van der Waals surface area contributed by atoms with Crippen LogP contribution in [0.25, 0.3) is 17.2 Å². The molecule has 0 bridgehead atoms. The minimum atomic E-state index is -3.19. The second-order valence-corrected chi connectivity index (χ2v) is 11.3. The zero-order chi connectivity index (χ0) is 25.0. The molecule has 1 saturated carbocycles. The Morgan fingerprint density at radius 2 is 2.03 bits per heavy atom. The Kier molecular flexibility index (Phi) is 5.21. The standard InChI is InChI=1S/C24H22FN7O3S/c1-14-9-17(25)16(10-20(14)31-11-19(26-13-31)15-5-6-15)24(33)28-21-4-2-3-18(27-21)23-30-29-22-12-36(34,35)8-7-32(22)23/h2-4,9-11,13,15H,5-8,12H2,1H3,(H,27,28,33). The van der Waals surface area contributed by atoms with Crippen LogP contribution in [0.5, 0.6) is 0 Å². The van der Waals surface area contributed by atoms with Crippen LogP contribution in [0.2, 0.25) is 0 Å². The summed E-state index contributed by atoms with van der Waals surface area (Å²) in [5.41, 5.74) is 2.66. The summed E-state index contributed by atoms with van der Waals surface area (Å²) in [7, 11) is -3.19. The maximum atomic E-state index is 14.8. The predicted molar refractivity (Wildman–Crippen MR) is 129 cm³/mol. The molecular formula is C24H22FN7O3S. The first kappa shape index (κ1) is 22.5. The Balaban J connectivity index is 1.27. The van der Waals surface area contributed by atoms with Crippen LogP contribution in [-0.2, 0) is 22.1 Å². The van der Waals surface area contributed by atoms with Gasteiger partial charge in [-0.2, -0.15) is 0 Å². The lowest BCUT2D eigenvalue weighted by Crippen LogP contribution is -2.24. The van der Waals surface area contributed by atoms with Crippen molar-refractivity contribution < 1.29 is 17.6 Å². The summed E-state index contributed by atoms with van der Waals surface area (Å²) >= 11 is 0. The number of hydrogen-bond donors (Lipinski definition) is 1. The third-order valence-corrected chi connectivity index (χ3v) is 7.93. The predicted octanol–water partition coefficient (Wildman–Crippen LogP) is 3.03. The first-order valence-corrected chi connectivity index (χ1v) is 13.4. The number of fused-ring (bicyclic) bond motifs is 1. The molecule has 4 aromatic rings. The first-order valence-electron chi connectivity index (χ1n) is 11.5. The van der Waals surface area contributed by atoms with Crippen LogP contribution in [0, 0.1) is 12.7 Å². The molecule has 1 aliphatic carbocycles. The van der Waals surface area contributed by atoms with E-state index in [1.165, 1.54) is 12.1 Å². The van der Waals surface area contributed by atoms with Crippen LogP contribution >= 0.6 is 0 Å². The quantitative estimate of drug-likeness (QED) is 0.440. The highest BCUT2D eigenvalue weighted by atomic mass is 32.2. The summed E-state index contributed by atoms with van der Waals surface area (Å²) in [6, 6.07) is 7.81. The molecular weight excluding hydrogens is 485 g/mol. The normalized spacial score (nSPS) is 16.5. The molecule has 6 rings (SSSR count). The van der Waals surface area contributed by atoms with Gasteiger partial charge in [0, 0.05) is 18.7 Å². The molecule has 4 heterocycles. The van der Waals surface area contributed by atoms with Crippen LogP contribution < -0.4 is 5.32 Å². The van der Waals surface area contributed by atoms with Gasteiger partial charge in [0.05, 0.1) is 29.0 Å². The Morgan fingerprint density at radius 3 is 2.83 bits per heavy atom. The van der Waals surface area contributed by atoms with Crippen molar-refractivity contribution >= 4 is 21.6 Å². The van der Waals surface area contributed by atoms with Crippen molar-refractivity contribution in [3.05, 3.63) is 71.3 Å². The fraction of sp³-hybridized carbons (Fsp3) is 0.292. The number of benzene rings is 1. The van der Waals surface area contributed by atoms with E-state index in [1.54, 1.807) is 36.0 Å². The van der Waals surface area contributed by atoms with E-state index in [0.29, 0.717) is 34.5 Å². The average molecular weight is 508 g/mol. The van der Waals surface area contributed by atoms with Gasteiger partial charge in [0.25, 0.3) is 5.91 Å². The Labute approximate surface area is 206 Å². The van der Waals surface area contributed by atoms with E-state index in [1.807, 2.05) is 10.8 Å². The Morgan fingerprint density at radius 1 is 1.19 bits per heavy atom. The highest BCUT2D eigenvalue weighted by molar-refractivity contribution is 7.90. The number of nitrogens with one attached hydrogen (secondary N) is 1. The molecule has 12 heteroatoms. The van der Waals surface area contributed by atoms with E-state index in [0.717, 1.165) is 18.5 Å². The molecule has 3 aromatic heterocycles. The van der Waals surface area contributed by atoms with Gasteiger partial charge in [-0.25, -0.2) is 22.8 Å². The highest BCUT2D eigenvalue weighted by Crippen LogP contribution is 2.39. The maximum Gasteiger partial charge on any atom is 0.259 e. The molecule has 2 aliphatic rings. The molecule has 1 fully saturated rings. The molecule has 0 atom stereocenters. The van der Waals surface area contributed by atoms with Gasteiger partial charge in [0.2, 0.25) is 0 Å². The number of aryl methyl sites for hydroxylation is 1. The summed E-state index contributed by atoms with van der Waals surface area (Å²) in [5.74, 6) is -0.0140. The lowest BCUT2D eigenvalue weighted by atomic mass is 10.1. The van der Waals surface area contributed by atoms with Gasteiger partial charge >= 0.3 is 0 Å². The summed E-state index contributed by atoms with van der Waals surface area (Å²) in [4.78, 5) is 21.9. The van der Waals surface area contributed by atoms with Crippen molar-refractivity contribution in [2.45, 2.75) is 38.0 Å². The second-order valence-electron chi connectivity index (χ2n) is 9.14. The van der Waals surface area contributed by atoms with Gasteiger partial charge < -0.3 is 14.5 Å². The van der Waals surface area contributed by atoms with Crippen molar-refractivity contribution in [2.24, 2.45) is 0 Å². The molecule has 0 spiro atoms. The third-order valence-electron chi connectivity index (χ3n) is 6.43. The van der Waals surface area contributed by atoms with Gasteiger partial charge in [0.1, 0.15) is 28.9 Å². The van der Waals surface area contributed by atoms with Gasteiger partial charge in [-0.3, -0.25) is 4.79 Å². The van der Waals surface area contributed by atoms with E-state index in [4.69, 9.17) is 0 Å². The monoisotopic (exact) mass is 507 g/mol. The van der Waals surface area contributed by atoms with E-state index in [9.17, 15) is 17.6 Å². The van der Waals surface area contributed by atoms with Crippen LogP contribution in [-0.4, -0.2) is 49.4 Å². The molecule has 1 amide bonds. The molecule has 1 aliphatic heterocycles. The van der Waals surface area contributed by atoms with Crippen molar-refractivity contribution in [1.82, 2.24) is 29.3 Å². The van der Waals surface area contributed by atoms with Crippen molar-refractivity contribution in [3.63, 3.8) is 0 Å². The van der Waals surface area contributed by atoms with Crippen LogP contribution in [0.3, 0.4) is 0 Å². The maximum absolute atomic E-state index is 14.8. The zero-order valence-corrected chi connectivity index (χ0v) is 20.2. The number of hydrogen-bond acceptors (Lipinski definition) is 7. The molecule has 184 valence electrons. The number of aromatic nitrogens is 6. The van der Waals surface area contributed by atoms with Crippen LogP contribution in [0.4, 0.5) is 10.2 Å². The molecule has 0 unspecified atom stereocenters. The Hall–Kier alpha value is -3.93. The molecule has 36 heavy (non-hydrogen) atoms. The fourth-order valence-corrected chi connectivity index (χ4v) is 5.56. The molecule has 1 N–H and O–H groups in total. The van der Waals surface area contributed by atoms with E-state index in [2.05, 4.69) is 25.5 Å². The number of pyridine rings is 1. The Bertz CT molecular complexity index is 1620. The summed E-state index contributed by atoms with van der Waals surface area (Å²) in [6.07, 6.45) is 5.85. The number of carbonyl (C=O) groups is 1. The number of imidazole rings is 1. The van der Waals surface area contributed by atoms with E-state index in [-0.39, 0.29) is 29.4 Å². The smallest absolute Gasteiger partial charge is 0.259 e. The van der Waals surface area contributed by atoms with Crippen molar-refractivity contribution in [2.75, 3.05) is 11.1 Å². The van der Waals surface area contributed by atoms with Crippen molar-refractivity contribution in [1.29, 1.82) is 0 Å². The topological polar surface area (TPSA) is 125 Å². The summed E-state index contributed by atoms with van der Waals surface area (Å²) in [6.45, 7) is 2.01. The average Bonchev–Trinajstić information content (AvgIpc) is 3.42. The first-order chi connectivity index (χ1) is 17.3. The van der Waals surface area contributed by atoms with Crippen LogP contribution in [0.1, 0.15) is 46.2 Å². The van der Waals surface area contributed by atoms with E-state index < -0.39 is 21.6 Å². The fourth-order valence-electron chi connectivity index (χ4n) is 4.35. The number of rotatable bonds is 5. The molecule has 0 saturated heterocycles. The summed E-state index contributed by atoms with van der Waals surface area (Å²) < 4.78 is 42.1. The lowest BCUT2D eigenvalue weighted by molar-refractivity contribution is 0.102. The minimum absolute atomic E-state index is 0.00440. The SMILES string of the molecule is Cc1cc(F)c(C(=O)Nc2cccc(-c3nnc4n3CCS(=O)(=O)C4)n2)cc1-n1cnc(C2CC2)c1. The van der Waals surface area contributed by atoms with Gasteiger partial charge in [-0.05, 0) is 49.6 Å². The summed E-state index contributed by atoms with van der Waals surface area (Å²) in [5, 5.41) is 10.8. The number of nitrogens with zero attached hydrogens (tertiary/aromatic N) is 6. The van der Waals surface area contributed by atoms with Gasteiger partial charge in [-0.1, -0.05) is 6.07 Å². The third kappa shape index (κ3) is 4.17. The second kappa shape index (κ2) is 8.33. The number of amides is 1. The number of anilines is 1. The van der Waals surface area contributed by atoms with Gasteiger partial charge in [-0.15, -0.1) is 10.2 Å². The number of carbonyl (C=O) groups excluding carboxylic acids is 1. The number of sulfone groups is 1. The largest absolute Gasteiger partial charge is 0.308 e. The zero-order valence-electron chi connectivity index (χ0n) is 19.3. The molecule has 10 nitrogen and oxygen atoms in total. The van der Waals surface area contributed by atoms with E-state index >= 15 is 0 Å². The van der Waals surface area contributed by atoms with Gasteiger partial charge in [0.15, 0.2) is 15.7 Å². The highest BCUT2D eigenvalue weighted by Gasteiger charge is 2.27. The molecule has 1 aromatic carbocycles. The minimum Gasteiger partial charge on any atom is -0.308 e. The van der Waals surface area contributed by atoms with Crippen LogP contribution in [0.15, 0.2) is 42.9 Å². The van der Waals surface area contributed by atoms with Crippen molar-refractivity contribution in [3.8, 4) is 17.2 Å². The molecule has 0 radical (unpaired) electrons.